The van der Waals surface area contributed by atoms with Gasteiger partial charge in [-0.2, -0.15) is 0 Å². The number of carboxylic acids is 1. The van der Waals surface area contributed by atoms with E-state index in [0.717, 1.165) is 39.6 Å². The minimum atomic E-state index is -1.29. The van der Waals surface area contributed by atoms with Gasteiger partial charge in [0.15, 0.2) is 0 Å². The van der Waals surface area contributed by atoms with Crippen LogP contribution in [-0.4, -0.2) is 26.0 Å². The summed E-state index contributed by atoms with van der Waals surface area (Å²) in [4.78, 5) is 23.2. The Bertz CT molecular complexity index is 2440. The second-order valence-corrected chi connectivity index (χ2v) is 11.3. The number of para-hydroxylation sites is 2. The molecule has 0 spiro atoms. The van der Waals surface area contributed by atoms with Crippen LogP contribution < -0.4 is 5.11 Å². The SMILES string of the molecule is O=C(O)c1ncccc1[O-].[Ir+3].[c-]1ccccc1-c1nc2ccccc2c2ccccc12.[c-]1ccccc1-c1nc2ccccc2c2ccccc12. The molecule has 0 atom stereocenters. The minimum absolute atomic E-state index is 0. The first-order valence-electron chi connectivity index (χ1n) is 15.9. The second-order valence-electron chi connectivity index (χ2n) is 11.3. The maximum absolute atomic E-state index is 10.6. The van der Waals surface area contributed by atoms with Gasteiger partial charge in [0.05, 0.1) is 11.0 Å². The topological polar surface area (TPSA) is 99.0 Å². The molecule has 9 rings (SSSR count). The third kappa shape index (κ3) is 7.50. The van der Waals surface area contributed by atoms with Crippen LogP contribution in [0.4, 0.5) is 0 Å². The molecule has 0 aliphatic heterocycles. The van der Waals surface area contributed by atoms with Gasteiger partial charge in [-0.15, -0.1) is 71.8 Å². The maximum Gasteiger partial charge on any atom is 3.00 e. The zero-order valence-corrected chi connectivity index (χ0v) is 29.4. The van der Waals surface area contributed by atoms with Gasteiger partial charge in [0.1, 0.15) is 5.69 Å². The molecule has 6 nitrogen and oxygen atoms in total. The first kappa shape index (κ1) is 34.6. The molecule has 7 heteroatoms. The van der Waals surface area contributed by atoms with E-state index in [2.05, 4.69) is 114 Å². The molecule has 0 amide bonds. The van der Waals surface area contributed by atoms with E-state index in [1.54, 1.807) is 0 Å². The summed E-state index contributed by atoms with van der Waals surface area (Å²) >= 11 is 0. The van der Waals surface area contributed by atoms with Crippen LogP contribution in [0.2, 0.25) is 0 Å². The predicted molar refractivity (Wildman–Crippen MR) is 198 cm³/mol. The Morgan fingerprint density at radius 3 is 1.31 bits per heavy atom. The molecule has 0 bridgehead atoms. The first-order valence-corrected chi connectivity index (χ1v) is 15.9. The van der Waals surface area contributed by atoms with Gasteiger partial charge in [0, 0.05) is 17.0 Å². The van der Waals surface area contributed by atoms with E-state index < -0.39 is 17.4 Å². The number of aromatic nitrogens is 3. The van der Waals surface area contributed by atoms with Gasteiger partial charge in [-0.05, 0) is 51.1 Å². The van der Waals surface area contributed by atoms with Crippen molar-refractivity contribution in [2.45, 2.75) is 0 Å². The van der Waals surface area contributed by atoms with Gasteiger partial charge in [0.2, 0.25) is 0 Å². The summed E-state index contributed by atoms with van der Waals surface area (Å²) < 4.78 is 0. The number of hydrogen-bond donors (Lipinski definition) is 1. The molecule has 1 N–H and O–H groups in total. The number of aromatic carboxylic acids is 1. The van der Waals surface area contributed by atoms with Crippen molar-refractivity contribution in [3.05, 3.63) is 182 Å². The molecule has 0 fully saturated rings. The summed E-state index contributed by atoms with van der Waals surface area (Å²) in [7, 11) is 0. The number of rotatable bonds is 3. The van der Waals surface area contributed by atoms with E-state index >= 15 is 0 Å². The van der Waals surface area contributed by atoms with Crippen LogP contribution in [0.3, 0.4) is 0 Å². The largest absolute Gasteiger partial charge is 3.00 e. The van der Waals surface area contributed by atoms with Crippen molar-refractivity contribution in [1.29, 1.82) is 0 Å². The third-order valence-electron chi connectivity index (χ3n) is 8.12. The van der Waals surface area contributed by atoms with Crippen LogP contribution in [0.25, 0.3) is 65.9 Å². The number of hydrogen-bond acceptors (Lipinski definition) is 5. The Labute approximate surface area is 308 Å². The summed E-state index contributed by atoms with van der Waals surface area (Å²) in [6.07, 6.45) is 1.27. The summed E-state index contributed by atoms with van der Waals surface area (Å²) in [6.45, 7) is 0. The van der Waals surface area contributed by atoms with Crippen molar-refractivity contribution in [3.63, 3.8) is 0 Å². The third-order valence-corrected chi connectivity index (χ3v) is 8.12. The van der Waals surface area contributed by atoms with E-state index in [4.69, 9.17) is 15.1 Å². The molecular formula is C44H28IrN3O3. The van der Waals surface area contributed by atoms with Crippen molar-refractivity contribution in [3.8, 4) is 28.3 Å². The van der Waals surface area contributed by atoms with Crippen molar-refractivity contribution in [2.24, 2.45) is 0 Å². The van der Waals surface area contributed by atoms with Crippen LogP contribution in [0, 0.1) is 12.1 Å². The number of nitrogens with zero attached hydrogens (tertiary/aromatic N) is 3. The van der Waals surface area contributed by atoms with Crippen LogP contribution >= 0.6 is 0 Å². The molecule has 0 unspecified atom stereocenters. The molecule has 9 aromatic rings. The number of carbonyl (C=O) groups is 1. The van der Waals surface area contributed by atoms with Gasteiger partial charge >= 0.3 is 26.1 Å². The monoisotopic (exact) mass is 839 g/mol. The van der Waals surface area contributed by atoms with Crippen LogP contribution in [0.1, 0.15) is 10.5 Å². The molecule has 0 radical (unpaired) electrons. The molecular weight excluding hydrogens is 811 g/mol. The standard InChI is InChI=1S/2C19H12N.C6H5NO3.Ir/c2*1-2-8-14(9-3-1)19-17-12-5-4-10-15(17)16-11-6-7-13-18(16)20-19;8-4-2-1-3-7-5(4)6(9)10;/h2*1-8,10-13H;1-3,8H,(H,9,10);/q2*-1;;+3/p-1. The Hall–Kier alpha value is -6.27. The van der Waals surface area contributed by atoms with Crippen LogP contribution in [-0.2, 0) is 20.1 Å². The summed E-state index contributed by atoms with van der Waals surface area (Å²) in [5.41, 5.74) is 5.70. The Morgan fingerprint density at radius 1 is 0.510 bits per heavy atom. The zero-order chi connectivity index (χ0) is 34.3. The fourth-order valence-corrected chi connectivity index (χ4v) is 5.85. The normalized spacial score (nSPS) is 10.4. The van der Waals surface area contributed by atoms with E-state index in [9.17, 15) is 9.90 Å². The van der Waals surface area contributed by atoms with E-state index in [-0.39, 0.29) is 20.1 Å². The second kappa shape index (κ2) is 16.0. The van der Waals surface area contributed by atoms with E-state index in [0.29, 0.717) is 0 Å². The number of fused-ring (bicyclic) bond motifs is 6. The molecule has 51 heavy (non-hydrogen) atoms. The Balaban J connectivity index is 0.000000138. The summed E-state index contributed by atoms with van der Waals surface area (Å²) in [5.74, 6) is -1.85. The van der Waals surface area contributed by atoms with Gasteiger partial charge < -0.3 is 10.2 Å². The average molecular weight is 839 g/mol. The summed E-state index contributed by atoms with van der Waals surface area (Å²) in [5, 5.41) is 26.1. The average Bonchev–Trinajstić information content (AvgIpc) is 3.18. The van der Waals surface area contributed by atoms with Crippen molar-refractivity contribution in [2.75, 3.05) is 0 Å². The van der Waals surface area contributed by atoms with Crippen molar-refractivity contribution < 1.29 is 35.1 Å². The predicted octanol–water partition coefficient (Wildman–Crippen LogP) is 9.56. The van der Waals surface area contributed by atoms with E-state index in [1.807, 2.05) is 48.5 Å². The fraction of sp³-hybridized carbons (Fsp3) is 0. The molecule has 0 saturated heterocycles. The summed E-state index contributed by atoms with van der Waals surface area (Å²) in [6, 6.07) is 58.5. The molecule has 0 saturated carbocycles. The maximum atomic E-state index is 10.6. The zero-order valence-electron chi connectivity index (χ0n) is 27.0. The molecule has 3 heterocycles. The van der Waals surface area contributed by atoms with Gasteiger partial charge in [-0.3, -0.25) is 9.97 Å². The van der Waals surface area contributed by atoms with Crippen LogP contribution in [0.5, 0.6) is 5.75 Å². The van der Waals surface area contributed by atoms with Gasteiger partial charge in [-0.25, -0.2) is 9.78 Å². The first-order chi connectivity index (χ1) is 24.6. The smallest absolute Gasteiger partial charge is 0.871 e. The molecule has 6 aromatic carbocycles. The fourth-order valence-electron chi connectivity index (χ4n) is 5.85. The number of benzene rings is 6. The molecule has 3 aromatic heterocycles. The van der Waals surface area contributed by atoms with Gasteiger partial charge in [0.25, 0.3) is 0 Å². The Morgan fingerprint density at radius 2 is 0.922 bits per heavy atom. The van der Waals surface area contributed by atoms with Crippen LogP contribution in [0.15, 0.2) is 164 Å². The Kier molecular flexibility index (Phi) is 10.8. The minimum Gasteiger partial charge on any atom is -0.871 e. The quantitative estimate of drug-likeness (QED) is 0.141. The number of pyridine rings is 3. The van der Waals surface area contributed by atoms with E-state index in [1.165, 1.54) is 44.6 Å². The van der Waals surface area contributed by atoms with Crippen molar-refractivity contribution in [1.82, 2.24) is 15.0 Å². The van der Waals surface area contributed by atoms with Crippen molar-refractivity contribution >= 4 is 49.3 Å². The molecule has 0 aliphatic rings. The molecule has 0 aliphatic carbocycles. The molecule has 246 valence electrons. The number of carboxylic acid groups (broad SMARTS) is 1. The van der Waals surface area contributed by atoms with Gasteiger partial charge in [-0.1, -0.05) is 96.7 Å².